The molecule has 0 aliphatic rings. The molecule has 0 aromatic heterocycles. The summed E-state index contributed by atoms with van der Waals surface area (Å²) >= 11 is 0. The molecular weight excluding hydrogens is 432 g/mol. The van der Waals surface area contributed by atoms with Gasteiger partial charge in [-0.2, -0.15) is 0 Å². The molecule has 0 fully saturated rings. The molecule has 0 spiro atoms. The molecule has 0 heterocycles. The van der Waals surface area contributed by atoms with Crippen LogP contribution in [0.15, 0.2) is 120 Å². The molecule has 0 saturated heterocycles. The number of carboxylic acid groups (broad SMARTS) is 1. The number of fused-ring (bicyclic) bond motifs is 1. The summed E-state index contributed by atoms with van der Waals surface area (Å²) in [6, 6.07) is 40.1. The molecule has 0 radical (unpaired) electrons. The third-order valence-electron chi connectivity index (χ3n) is 6.03. The highest BCUT2D eigenvalue weighted by Crippen LogP contribution is 2.34. The van der Waals surface area contributed by atoms with Crippen molar-refractivity contribution in [2.45, 2.75) is 6.54 Å². The van der Waals surface area contributed by atoms with Crippen LogP contribution in [-0.2, 0) is 6.54 Å². The molecule has 4 heteroatoms. The summed E-state index contributed by atoms with van der Waals surface area (Å²) in [4.78, 5) is 14.8. The van der Waals surface area contributed by atoms with Gasteiger partial charge in [0.1, 0.15) is 0 Å². The fraction of sp³-hybridized carbons (Fsp3) is 0.0323. The average Bonchev–Trinajstić information content (AvgIpc) is 2.91. The van der Waals surface area contributed by atoms with E-state index < -0.39 is 6.09 Å². The van der Waals surface area contributed by atoms with E-state index in [2.05, 4.69) is 101 Å². The Morgan fingerprint density at radius 1 is 0.686 bits per heavy atom. The van der Waals surface area contributed by atoms with Crippen LogP contribution in [0.5, 0.6) is 0 Å². The molecule has 2 N–H and O–H groups in total. The minimum absolute atomic E-state index is 0.390. The van der Waals surface area contributed by atoms with Crippen LogP contribution < -0.4 is 5.32 Å². The molecule has 5 rings (SSSR count). The Morgan fingerprint density at radius 3 is 2.23 bits per heavy atom. The van der Waals surface area contributed by atoms with Gasteiger partial charge in [0.15, 0.2) is 0 Å². The minimum atomic E-state index is -1.12. The Labute approximate surface area is 204 Å². The second kappa shape index (κ2) is 10.1. The van der Waals surface area contributed by atoms with Crippen molar-refractivity contribution in [1.82, 2.24) is 5.32 Å². The summed E-state index contributed by atoms with van der Waals surface area (Å²) in [6.45, 7) is 0.390. The van der Waals surface area contributed by atoms with Crippen LogP contribution in [0.1, 0.15) is 5.56 Å². The lowest BCUT2D eigenvalue weighted by Crippen LogP contribution is -2.18. The molecule has 170 valence electrons. The highest BCUT2D eigenvalue weighted by atomic mass is 16.4. The van der Waals surface area contributed by atoms with Crippen LogP contribution in [0.3, 0.4) is 0 Å². The van der Waals surface area contributed by atoms with Crippen molar-refractivity contribution in [1.29, 1.82) is 0 Å². The maximum Gasteiger partial charge on any atom is 0.409 e. The number of amides is 1. The van der Waals surface area contributed by atoms with Crippen molar-refractivity contribution in [2.24, 2.45) is 4.99 Å². The summed E-state index contributed by atoms with van der Waals surface area (Å²) in [5.74, 6) is 0. The molecule has 5 aromatic carbocycles. The normalized spacial score (nSPS) is 11.1. The Kier molecular flexibility index (Phi) is 6.35. The summed E-state index contributed by atoms with van der Waals surface area (Å²) in [5, 5.41) is 13.2. The first-order valence-corrected chi connectivity index (χ1v) is 11.4. The van der Waals surface area contributed by atoms with Gasteiger partial charge < -0.3 is 5.11 Å². The molecular formula is C31H24N2O2. The van der Waals surface area contributed by atoms with Crippen molar-refractivity contribution >= 4 is 23.2 Å². The van der Waals surface area contributed by atoms with Gasteiger partial charge in [-0.3, -0.25) is 10.3 Å². The maximum atomic E-state index is 10.6. The Morgan fingerprint density at radius 2 is 1.37 bits per heavy atom. The molecule has 0 bridgehead atoms. The average molecular weight is 457 g/mol. The predicted molar refractivity (Wildman–Crippen MR) is 144 cm³/mol. The van der Waals surface area contributed by atoms with Crippen LogP contribution in [0.4, 0.5) is 4.79 Å². The Balaban J connectivity index is 1.51. The topological polar surface area (TPSA) is 61.7 Å². The molecule has 0 atom stereocenters. The second-order valence-corrected chi connectivity index (χ2v) is 8.26. The molecule has 0 aliphatic heterocycles. The van der Waals surface area contributed by atoms with Gasteiger partial charge in [0.25, 0.3) is 0 Å². The van der Waals surface area contributed by atoms with Crippen LogP contribution in [-0.4, -0.2) is 17.5 Å². The quantitative estimate of drug-likeness (QED) is 0.204. The third kappa shape index (κ3) is 4.97. The zero-order valence-corrected chi connectivity index (χ0v) is 19.1. The molecule has 4 nitrogen and oxygen atoms in total. The first-order valence-electron chi connectivity index (χ1n) is 11.4. The summed E-state index contributed by atoms with van der Waals surface area (Å²) in [6.07, 6.45) is 0.0942. The van der Waals surface area contributed by atoms with E-state index in [1.165, 1.54) is 34.0 Å². The number of benzene rings is 5. The number of rotatable bonds is 6. The van der Waals surface area contributed by atoms with E-state index in [4.69, 9.17) is 5.11 Å². The molecule has 0 saturated carbocycles. The number of hydrogen-bond acceptors (Lipinski definition) is 2. The third-order valence-corrected chi connectivity index (χ3v) is 6.03. The highest BCUT2D eigenvalue weighted by molar-refractivity contribution is 5.99. The van der Waals surface area contributed by atoms with Gasteiger partial charge in [-0.15, -0.1) is 0 Å². The Bertz CT molecular complexity index is 1520. The molecule has 0 unspecified atom stereocenters. The SMILES string of the molecule is O=C(O)NC=NCc1ccccc1-c1ccc2c(-c3cccc(-c4ccccc4)c3)cccc2c1. The number of nitrogens with zero attached hydrogens (tertiary/aromatic N) is 1. The Hall–Kier alpha value is -4.70. The summed E-state index contributed by atoms with van der Waals surface area (Å²) in [7, 11) is 0. The monoisotopic (exact) mass is 456 g/mol. The van der Waals surface area contributed by atoms with E-state index in [0.717, 1.165) is 22.1 Å². The first-order chi connectivity index (χ1) is 17.2. The number of nitrogens with one attached hydrogen (secondary N) is 1. The lowest BCUT2D eigenvalue weighted by atomic mass is 9.92. The standard InChI is InChI=1S/C31H24N2O2/c34-31(35)33-21-32-20-27-10-4-5-14-28(27)26-16-17-30-25(19-26)13-7-15-29(30)24-12-6-11-23(18-24)22-8-2-1-3-9-22/h1-19,21H,20H2,(H,32,33)(H,34,35). The van der Waals surface area contributed by atoms with E-state index in [1.54, 1.807) is 0 Å². The van der Waals surface area contributed by atoms with E-state index in [0.29, 0.717) is 6.54 Å². The van der Waals surface area contributed by atoms with Crippen molar-refractivity contribution in [3.05, 3.63) is 121 Å². The van der Waals surface area contributed by atoms with E-state index in [9.17, 15) is 4.79 Å². The molecule has 5 aromatic rings. The summed E-state index contributed by atoms with van der Waals surface area (Å²) in [5.41, 5.74) is 8.00. The van der Waals surface area contributed by atoms with Gasteiger partial charge in [0, 0.05) is 0 Å². The maximum absolute atomic E-state index is 10.6. The van der Waals surface area contributed by atoms with Gasteiger partial charge >= 0.3 is 6.09 Å². The molecule has 1 amide bonds. The predicted octanol–water partition coefficient (Wildman–Crippen LogP) is 7.64. The van der Waals surface area contributed by atoms with Gasteiger partial charge in [-0.25, -0.2) is 4.79 Å². The van der Waals surface area contributed by atoms with Crippen molar-refractivity contribution < 1.29 is 9.90 Å². The van der Waals surface area contributed by atoms with Gasteiger partial charge in [0.2, 0.25) is 0 Å². The number of aliphatic imine (C=N–C) groups is 1. The smallest absolute Gasteiger partial charge is 0.409 e. The van der Waals surface area contributed by atoms with Crippen LogP contribution in [0.25, 0.3) is 44.2 Å². The van der Waals surface area contributed by atoms with Crippen molar-refractivity contribution in [3.63, 3.8) is 0 Å². The van der Waals surface area contributed by atoms with Crippen LogP contribution in [0.2, 0.25) is 0 Å². The zero-order chi connectivity index (χ0) is 24.0. The second-order valence-electron chi connectivity index (χ2n) is 8.26. The fourth-order valence-electron chi connectivity index (χ4n) is 4.38. The lowest BCUT2D eigenvalue weighted by molar-refractivity contribution is 0.200. The van der Waals surface area contributed by atoms with Crippen molar-refractivity contribution in [2.75, 3.05) is 0 Å². The number of hydrogen-bond donors (Lipinski definition) is 2. The summed E-state index contributed by atoms with van der Waals surface area (Å²) < 4.78 is 0. The molecule has 0 aliphatic carbocycles. The highest BCUT2D eigenvalue weighted by Gasteiger charge is 2.09. The van der Waals surface area contributed by atoms with Gasteiger partial charge in [0.05, 0.1) is 12.9 Å². The van der Waals surface area contributed by atoms with Crippen molar-refractivity contribution in [3.8, 4) is 33.4 Å². The lowest BCUT2D eigenvalue weighted by Gasteiger charge is -2.12. The van der Waals surface area contributed by atoms with E-state index >= 15 is 0 Å². The zero-order valence-electron chi connectivity index (χ0n) is 19.1. The molecule has 35 heavy (non-hydrogen) atoms. The van der Waals surface area contributed by atoms with Gasteiger partial charge in [-0.1, -0.05) is 103 Å². The number of carbonyl (C=O) groups is 1. The van der Waals surface area contributed by atoms with E-state index in [1.807, 2.05) is 24.3 Å². The van der Waals surface area contributed by atoms with E-state index in [-0.39, 0.29) is 0 Å². The largest absolute Gasteiger partial charge is 0.465 e. The fourth-order valence-corrected chi connectivity index (χ4v) is 4.38. The first kappa shape index (κ1) is 22.1. The van der Waals surface area contributed by atoms with Gasteiger partial charge in [-0.05, 0) is 61.8 Å². The minimum Gasteiger partial charge on any atom is -0.465 e. The van der Waals surface area contributed by atoms with Crippen LogP contribution >= 0.6 is 0 Å². The van der Waals surface area contributed by atoms with Crippen LogP contribution in [0, 0.1) is 0 Å².